The lowest BCUT2D eigenvalue weighted by atomic mass is 9.96. The van der Waals surface area contributed by atoms with E-state index in [0.717, 1.165) is 31.7 Å². The molecule has 0 saturated carbocycles. The van der Waals surface area contributed by atoms with Gasteiger partial charge in [-0.3, -0.25) is 4.90 Å². The molecule has 2 aliphatic heterocycles. The molecule has 0 bridgehead atoms. The van der Waals surface area contributed by atoms with Crippen LogP contribution in [0.4, 0.5) is 4.39 Å². The lowest BCUT2D eigenvalue weighted by molar-refractivity contribution is -0.0874. The lowest BCUT2D eigenvalue weighted by Crippen LogP contribution is -2.57. The monoisotopic (exact) mass is 289 g/mol. The Morgan fingerprint density at radius 1 is 1.33 bits per heavy atom. The third-order valence-electron chi connectivity index (χ3n) is 4.61. The molecule has 2 fully saturated rings. The van der Waals surface area contributed by atoms with Crippen LogP contribution >= 0.6 is 0 Å². The van der Waals surface area contributed by atoms with Crippen molar-refractivity contribution in [1.29, 1.82) is 5.26 Å². The van der Waals surface area contributed by atoms with Gasteiger partial charge < -0.3 is 9.64 Å². The molecule has 21 heavy (non-hydrogen) atoms. The zero-order valence-corrected chi connectivity index (χ0v) is 12.5. The van der Waals surface area contributed by atoms with Crippen molar-refractivity contribution in [3.05, 3.63) is 34.6 Å². The highest BCUT2D eigenvalue weighted by molar-refractivity contribution is 5.44. The normalized spacial score (nSPS) is 27.1. The Hall–Kier alpha value is -1.48. The second kappa shape index (κ2) is 5.72. The number of piperazine rings is 1. The van der Waals surface area contributed by atoms with E-state index in [2.05, 4.69) is 16.8 Å². The van der Waals surface area contributed by atoms with Crippen LogP contribution in [0.3, 0.4) is 0 Å². The second-order valence-electron chi connectivity index (χ2n) is 5.98. The fourth-order valence-corrected chi connectivity index (χ4v) is 3.31. The summed E-state index contributed by atoms with van der Waals surface area (Å²) in [7, 11) is 2.13. The van der Waals surface area contributed by atoms with Gasteiger partial charge >= 0.3 is 0 Å². The third-order valence-corrected chi connectivity index (χ3v) is 4.61. The highest BCUT2D eigenvalue weighted by Gasteiger charge is 2.33. The van der Waals surface area contributed by atoms with Crippen molar-refractivity contribution in [3.8, 4) is 6.07 Å². The van der Waals surface area contributed by atoms with Crippen molar-refractivity contribution in [1.82, 2.24) is 9.80 Å². The first-order valence-electron chi connectivity index (χ1n) is 7.33. The van der Waals surface area contributed by atoms with Crippen LogP contribution < -0.4 is 0 Å². The summed E-state index contributed by atoms with van der Waals surface area (Å²) in [5, 5.41) is 9.09. The minimum Gasteiger partial charge on any atom is -0.370 e. The topological polar surface area (TPSA) is 39.5 Å². The fraction of sp³-hybridized carbons (Fsp3) is 0.562. The number of nitriles is 1. The van der Waals surface area contributed by atoms with E-state index < -0.39 is 5.82 Å². The number of nitrogens with zero attached hydrogens (tertiary/aromatic N) is 3. The number of morpholine rings is 1. The number of ether oxygens (including phenoxy) is 1. The largest absolute Gasteiger partial charge is 0.370 e. The Balaban J connectivity index is 1.82. The summed E-state index contributed by atoms with van der Waals surface area (Å²) in [5.41, 5.74) is 1.78. The Kier molecular flexibility index (Phi) is 3.94. The summed E-state index contributed by atoms with van der Waals surface area (Å²) in [6.07, 6.45) is -0.0719. The van der Waals surface area contributed by atoms with Gasteiger partial charge in [-0.15, -0.1) is 0 Å². The Bertz CT molecular complexity index is 584. The molecule has 2 heterocycles. The molecule has 3 rings (SSSR count). The van der Waals surface area contributed by atoms with Crippen molar-refractivity contribution in [2.24, 2.45) is 0 Å². The molecule has 5 heteroatoms. The molecule has 2 atom stereocenters. The SMILES string of the molecule is Cc1c(C2CN3CCN(C)CC3CO2)ccc(F)c1C#N. The summed E-state index contributed by atoms with van der Waals surface area (Å²) in [5.74, 6) is -0.452. The smallest absolute Gasteiger partial charge is 0.141 e. The van der Waals surface area contributed by atoms with E-state index in [1.807, 2.05) is 6.07 Å². The van der Waals surface area contributed by atoms with E-state index in [-0.39, 0.29) is 11.7 Å². The number of hydrogen-bond acceptors (Lipinski definition) is 4. The number of rotatable bonds is 1. The van der Waals surface area contributed by atoms with Crippen LogP contribution in [0.5, 0.6) is 0 Å². The predicted molar refractivity (Wildman–Crippen MR) is 77.4 cm³/mol. The van der Waals surface area contributed by atoms with E-state index in [9.17, 15) is 4.39 Å². The van der Waals surface area contributed by atoms with E-state index in [0.29, 0.717) is 18.2 Å². The molecular weight excluding hydrogens is 269 g/mol. The average Bonchev–Trinajstić information content (AvgIpc) is 2.47. The van der Waals surface area contributed by atoms with Gasteiger partial charge in [-0.2, -0.15) is 5.26 Å². The maximum atomic E-state index is 13.6. The molecule has 112 valence electrons. The van der Waals surface area contributed by atoms with Gasteiger partial charge in [-0.25, -0.2) is 4.39 Å². The molecule has 1 aromatic rings. The highest BCUT2D eigenvalue weighted by Crippen LogP contribution is 2.30. The maximum absolute atomic E-state index is 13.6. The van der Waals surface area contributed by atoms with Crippen LogP contribution in [0.1, 0.15) is 22.8 Å². The fourth-order valence-electron chi connectivity index (χ4n) is 3.31. The van der Waals surface area contributed by atoms with Gasteiger partial charge in [0.25, 0.3) is 0 Å². The number of hydrogen-bond donors (Lipinski definition) is 0. The minimum absolute atomic E-state index is 0.0719. The van der Waals surface area contributed by atoms with Crippen molar-refractivity contribution in [2.45, 2.75) is 19.1 Å². The van der Waals surface area contributed by atoms with Crippen LogP contribution in [0.25, 0.3) is 0 Å². The van der Waals surface area contributed by atoms with Gasteiger partial charge in [0.2, 0.25) is 0 Å². The Morgan fingerprint density at radius 2 is 2.14 bits per heavy atom. The molecule has 0 amide bonds. The van der Waals surface area contributed by atoms with Gasteiger partial charge in [0.1, 0.15) is 11.9 Å². The van der Waals surface area contributed by atoms with Gasteiger partial charge in [-0.1, -0.05) is 6.07 Å². The molecule has 0 N–H and O–H groups in total. The van der Waals surface area contributed by atoms with Crippen LogP contribution in [-0.4, -0.2) is 55.7 Å². The zero-order chi connectivity index (χ0) is 15.0. The number of benzene rings is 1. The number of halogens is 1. The van der Waals surface area contributed by atoms with Crippen molar-refractivity contribution < 1.29 is 9.13 Å². The molecule has 2 unspecified atom stereocenters. The van der Waals surface area contributed by atoms with Gasteiger partial charge in [-0.05, 0) is 31.2 Å². The van der Waals surface area contributed by atoms with Crippen molar-refractivity contribution >= 4 is 0 Å². The summed E-state index contributed by atoms with van der Waals surface area (Å²) >= 11 is 0. The number of fused-ring (bicyclic) bond motifs is 1. The highest BCUT2D eigenvalue weighted by atomic mass is 19.1. The van der Waals surface area contributed by atoms with E-state index >= 15 is 0 Å². The summed E-state index contributed by atoms with van der Waals surface area (Å²) in [4.78, 5) is 4.77. The molecular formula is C16H20FN3O. The van der Waals surface area contributed by atoms with E-state index in [1.165, 1.54) is 6.07 Å². The first-order valence-corrected chi connectivity index (χ1v) is 7.33. The molecule has 4 nitrogen and oxygen atoms in total. The van der Waals surface area contributed by atoms with Crippen LogP contribution in [0, 0.1) is 24.1 Å². The summed E-state index contributed by atoms with van der Waals surface area (Å²) in [6, 6.07) is 5.53. The maximum Gasteiger partial charge on any atom is 0.141 e. The quantitative estimate of drug-likeness (QED) is 0.789. The van der Waals surface area contributed by atoms with Gasteiger partial charge in [0.15, 0.2) is 0 Å². The molecule has 0 aliphatic carbocycles. The minimum atomic E-state index is -0.452. The molecule has 2 saturated heterocycles. The standard InChI is InChI=1S/C16H20FN3O/c1-11-13(3-4-15(17)14(11)7-18)16-9-20-6-5-19(2)8-12(20)10-21-16/h3-4,12,16H,5-6,8-10H2,1-2H3. The number of likely N-dealkylation sites (N-methyl/N-ethyl adjacent to an activating group) is 1. The Labute approximate surface area is 124 Å². The van der Waals surface area contributed by atoms with Gasteiger partial charge in [0, 0.05) is 32.2 Å². The first-order chi connectivity index (χ1) is 10.1. The summed E-state index contributed by atoms with van der Waals surface area (Å²) < 4.78 is 19.6. The van der Waals surface area contributed by atoms with E-state index in [4.69, 9.17) is 10.00 Å². The predicted octanol–water partition coefficient (Wildman–Crippen LogP) is 1.69. The first kappa shape index (κ1) is 14.5. The lowest BCUT2D eigenvalue weighted by Gasteiger charge is -2.45. The van der Waals surface area contributed by atoms with Crippen LogP contribution in [0.15, 0.2) is 12.1 Å². The molecule has 0 aromatic heterocycles. The summed E-state index contributed by atoms with van der Waals surface area (Å²) in [6.45, 7) is 6.43. The van der Waals surface area contributed by atoms with Crippen molar-refractivity contribution in [3.63, 3.8) is 0 Å². The zero-order valence-electron chi connectivity index (χ0n) is 12.5. The van der Waals surface area contributed by atoms with E-state index in [1.54, 1.807) is 13.0 Å². The van der Waals surface area contributed by atoms with Gasteiger partial charge in [0.05, 0.1) is 18.3 Å². The third kappa shape index (κ3) is 2.67. The molecule has 0 spiro atoms. The molecule has 1 aromatic carbocycles. The molecule has 0 radical (unpaired) electrons. The van der Waals surface area contributed by atoms with Crippen LogP contribution in [-0.2, 0) is 4.74 Å². The Morgan fingerprint density at radius 3 is 2.90 bits per heavy atom. The van der Waals surface area contributed by atoms with Crippen LogP contribution in [0.2, 0.25) is 0 Å². The second-order valence-corrected chi connectivity index (χ2v) is 5.98. The average molecular weight is 289 g/mol. The van der Waals surface area contributed by atoms with Crippen molar-refractivity contribution in [2.75, 3.05) is 39.8 Å². The molecule has 2 aliphatic rings.